The molecular formula is C18H23NO. The Morgan fingerprint density at radius 3 is 2.35 bits per heavy atom. The monoisotopic (exact) mass is 269 g/mol. The van der Waals surface area contributed by atoms with E-state index in [9.17, 15) is 0 Å². The summed E-state index contributed by atoms with van der Waals surface area (Å²) in [6, 6.07) is 14.9. The molecule has 0 bridgehead atoms. The molecule has 0 saturated heterocycles. The van der Waals surface area contributed by atoms with Crippen molar-refractivity contribution >= 4 is 0 Å². The van der Waals surface area contributed by atoms with Crippen molar-refractivity contribution in [3.05, 3.63) is 64.7 Å². The van der Waals surface area contributed by atoms with E-state index in [0.717, 1.165) is 12.2 Å². The smallest absolute Gasteiger partial charge is 0.122 e. The van der Waals surface area contributed by atoms with Crippen LogP contribution in [0.2, 0.25) is 0 Å². The molecule has 2 nitrogen and oxygen atoms in total. The zero-order valence-electron chi connectivity index (χ0n) is 12.5. The van der Waals surface area contributed by atoms with Crippen molar-refractivity contribution in [3.63, 3.8) is 0 Å². The number of aryl methyl sites for hydroxylation is 2. The summed E-state index contributed by atoms with van der Waals surface area (Å²) in [6.07, 6.45) is 0.955. The van der Waals surface area contributed by atoms with Gasteiger partial charge in [-0.1, -0.05) is 36.4 Å². The third-order valence-electron chi connectivity index (χ3n) is 3.82. The van der Waals surface area contributed by atoms with Crippen LogP contribution >= 0.6 is 0 Å². The van der Waals surface area contributed by atoms with E-state index in [0.29, 0.717) is 12.5 Å². The van der Waals surface area contributed by atoms with Gasteiger partial charge in [0.15, 0.2) is 0 Å². The molecule has 0 spiro atoms. The number of benzene rings is 2. The normalized spacial score (nSPS) is 12.2. The summed E-state index contributed by atoms with van der Waals surface area (Å²) >= 11 is 0. The van der Waals surface area contributed by atoms with E-state index in [1.54, 1.807) is 7.11 Å². The van der Waals surface area contributed by atoms with Crippen LogP contribution in [0.3, 0.4) is 0 Å². The molecule has 0 radical (unpaired) electrons. The Morgan fingerprint density at radius 1 is 1.05 bits per heavy atom. The molecule has 0 aliphatic heterocycles. The minimum Gasteiger partial charge on any atom is -0.496 e. The van der Waals surface area contributed by atoms with E-state index >= 15 is 0 Å². The van der Waals surface area contributed by atoms with Crippen LogP contribution < -0.4 is 10.5 Å². The first-order valence-electron chi connectivity index (χ1n) is 7.07. The van der Waals surface area contributed by atoms with E-state index in [4.69, 9.17) is 10.5 Å². The Labute approximate surface area is 121 Å². The molecule has 20 heavy (non-hydrogen) atoms. The Kier molecular flexibility index (Phi) is 4.80. The summed E-state index contributed by atoms with van der Waals surface area (Å²) in [5, 5.41) is 0. The van der Waals surface area contributed by atoms with Crippen LogP contribution in [0.25, 0.3) is 0 Å². The second-order valence-corrected chi connectivity index (χ2v) is 5.22. The number of ether oxygens (including phenoxy) is 1. The van der Waals surface area contributed by atoms with Crippen LogP contribution in [0.15, 0.2) is 42.5 Å². The highest BCUT2D eigenvalue weighted by Gasteiger charge is 2.17. The molecule has 0 saturated carbocycles. The third-order valence-corrected chi connectivity index (χ3v) is 3.82. The third kappa shape index (κ3) is 3.02. The average Bonchev–Trinajstić information content (AvgIpc) is 2.48. The fourth-order valence-corrected chi connectivity index (χ4v) is 2.76. The molecule has 0 aliphatic carbocycles. The molecule has 106 valence electrons. The first-order valence-corrected chi connectivity index (χ1v) is 7.07. The van der Waals surface area contributed by atoms with Gasteiger partial charge in [-0.25, -0.2) is 0 Å². The van der Waals surface area contributed by atoms with Crippen LogP contribution in [0.5, 0.6) is 5.75 Å². The lowest BCUT2D eigenvalue weighted by atomic mass is 9.85. The number of hydrogen-bond donors (Lipinski definition) is 1. The lowest BCUT2D eigenvalue weighted by molar-refractivity contribution is 0.411. The van der Waals surface area contributed by atoms with Crippen LogP contribution in [0.1, 0.15) is 34.6 Å². The number of hydrogen-bond acceptors (Lipinski definition) is 2. The van der Waals surface area contributed by atoms with Crippen molar-refractivity contribution < 1.29 is 4.74 Å². The van der Waals surface area contributed by atoms with Gasteiger partial charge in [-0.2, -0.15) is 0 Å². The first kappa shape index (κ1) is 14.6. The predicted molar refractivity (Wildman–Crippen MR) is 84.4 cm³/mol. The maximum atomic E-state index is 5.82. The highest BCUT2D eigenvalue weighted by Crippen LogP contribution is 2.33. The van der Waals surface area contributed by atoms with Gasteiger partial charge >= 0.3 is 0 Å². The quantitative estimate of drug-likeness (QED) is 0.896. The predicted octanol–water partition coefficient (Wildman–Crippen LogP) is 3.79. The molecule has 1 unspecified atom stereocenters. The van der Waals surface area contributed by atoms with Crippen molar-refractivity contribution in [2.24, 2.45) is 5.73 Å². The van der Waals surface area contributed by atoms with Gasteiger partial charge in [-0.3, -0.25) is 0 Å². The maximum Gasteiger partial charge on any atom is 0.122 e. The van der Waals surface area contributed by atoms with Gasteiger partial charge in [0.1, 0.15) is 5.75 Å². The lowest BCUT2D eigenvalue weighted by Crippen LogP contribution is -2.10. The van der Waals surface area contributed by atoms with Crippen molar-refractivity contribution in [1.82, 2.24) is 0 Å². The summed E-state index contributed by atoms with van der Waals surface area (Å²) in [4.78, 5) is 0. The SMILES string of the molecule is COc1cc(C)c(C(CCN)c2ccccc2)cc1C. The van der Waals surface area contributed by atoms with Gasteiger partial charge in [0.25, 0.3) is 0 Å². The van der Waals surface area contributed by atoms with E-state index in [2.05, 4.69) is 56.3 Å². The summed E-state index contributed by atoms with van der Waals surface area (Å²) in [7, 11) is 1.72. The minimum atomic E-state index is 0.353. The molecule has 0 heterocycles. The van der Waals surface area contributed by atoms with Gasteiger partial charge in [-0.05, 0) is 55.1 Å². The minimum absolute atomic E-state index is 0.353. The molecule has 0 aromatic heterocycles. The summed E-state index contributed by atoms with van der Waals surface area (Å²) in [6.45, 7) is 4.92. The van der Waals surface area contributed by atoms with Crippen molar-refractivity contribution in [1.29, 1.82) is 0 Å². The largest absolute Gasteiger partial charge is 0.496 e. The van der Waals surface area contributed by atoms with Crippen molar-refractivity contribution in [2.75, 3.05) is 13.7 Å². The number of nitrogens with two attached hydrogens (primary N) is 1. The molecule has 2 heteroatoms. The number of methoxy groups -OCH3 is 1. The molecule has 2 aromatic carbocycles. The Hall–Kier alpha value is -1.80. The molecule has 2 aromatic rings. The maximum absolute atomic E-state index is 5.82. The second kappa shape index (κ2) is 6.58. The first-order chi connectivity index (χ1) is 9.67. The molecule has 1 atom stereocenters. The molecule has 2 N–H and O–H groups in total. The molecule has 0 aliphatic rings. The van der Waals surface area contributed by atoms with Crippen LogP contribution in [0.4, 0.5) is 0 Å². The highest BCUT2D eigenvalue weighted by molar-refractivity contribution is 5.46. The standard InChI is InChI=1S/C18H23NO/c1-13-12-18(20-3)14(2)11-17(13)16(9-10-19)15-7-5-4-6-8-15/h4-8,11-12,16H,9-10,19H2,1-3H3. The molecular weight excluding hydrogens is 246 g/mol. The average molecular weight is 269 g/mol. The zero-order valence-corrected chi connectivity index (χ0v) is 12.5. The lowest BCUT2D eigenvalue weighted by Gasteiger charge is -2.21. The fourth-order valence-electron chi connectivity index (χ4n) is 2.76. The van der Waals surface area contributed by atoms with Gasteiger partial charge in [0.05, 0.1) is 7.11 Å². The Morgan fingerprint density at radius 2 is 1.75 bits per heavy atom. The van der Waals surface area contributed by atoms with Gasteiger partial charge < -0.3 is 10.5 Å². The zero-order chi connectivity index (χ0) is 14.5. The summed E-state index contributed by atoms with van der Waals surface area (Å²) < 4.78 is 5.40. The van der Waals surface area contributed by atoms with Crippen LogP contribution in [-0.4, -0.2) is 13.7 Å². The van der Waals surface area contributed by atoms with Crippen molar-refractivity contribution in [3.8, 4) is 5.75 Å². The topological polar surface area (TPSA) is 35.2 Å². The van der Waals surface area contributed by atoms with E-state index < -0.39 is 0 Å². The van der Waals surface area contributed by atoms with E-state index in [-0.39, 0.29) is 0 Å². The van der Waals surface area contributed by atoms with Gasteiger partial charge in [0.2, 0.25) is 0 Å². The van der Waals surface area contributed by atoms with E-state index in [1.165, 1.54) is 22.3 Å². The molecule has 2 rings (SSSR count). The van der Waals surface area contributed by atoms with E-state index in [1.807, 2.05) is 0 Å². The molecule has 0 fully saturated rings. The highest BCUT2D eigenvalue weighted by atomic mass is 16.5. The molecule has 0 amide bonds. The van der Waals surface area contributed by atoms with Crippen molar-refractivity contribution in [2.45, 2.75) is 26.2 Å². The van der Waals surface area contributed by atoms with Gasteiger partial charge in [-0.15, -0.1) is 0 Å². The van der Waals surface area contributed by atoms with Crippen LogP contribution in [0, 0.1) is 13.8 Å². The Bertz CT molecular complexity index is 563. The number of rotatable bonds is 5. The van der Waals surface area contributed by atoms with Crippen LogP contribution in [-0.2, 0) is 0 Å². The Balaban J connectivity index is 2.47. The summed E-state index contributed by atoms with van der Waals surface area (Å²) in [5.41, 5.74) is 10.9. The summed E-state index contributed by atoms with van der Waals surface area (Å²) in [5.74, 6) is 1.30. The van der Waals surface area contributed by atoms with Gasteiger partial charge in [0, 0.05) is 5.92 Å². The fraction of sp³-hybridized carbons (Fsp3) is 0.333. The second-order valence-electron chi connectivity index (χ2n) is 5.22.